The van der Waals surface area contributed by atoms with Crippen molar-refractivity contribution >= 4 is 34.2 Å². The number of phenols is 1. The highest BCUT2D eigenvalue weighted by Crippen LogP contribution is 2.39. The van der Waals surface area contributed by atoms with Crippen LogP contribution in [0, 0.1) is 3.57 Å². The molecule has 0 saturated heterocycles. The molecule has 0 aliphatic rings. The third-order valence-electron chi connectivity index (χ3n) is 1.33. The molecule has 1 aromatic carbocycles. The molecule has 72 valence electrons. The summed E-state index contributed by atoms with van der Waals surface area (Å²) >= 11 is 6.99. The van der Waals surface area contributed by atoms with Crippen molar-refractivity contribution in [2.24, 2.45) is 0 Å². The Kier molecular flexibility index (Phi) is 2.96. The van der Waals surface area contributed by atoms with E-state index in [0.29, 0.717) is 6.07 Å². The van der Waals surface area contributed by atoms with Crippen molar-refractivity contribution < 1.29 is 18.3 Å². The third kappa shape index (κ3) is 2.40. The molecular formula is C7H3ClF3IO. The van der Waals surface area contributed by atoms with Gasteiger partial charge >= 0.3 is 6.18 Å². The van der Waals surface area contributed by atoms with E-state index in [0.717, 1.165) is 0 Å². The van der Waals surface area contributed by atoms with E-state index >= 15 is 0 Å². The number of benzene rings is 1. The molecule has 0 aromatic heterocycles. The van der Waals surface area contributed by atoms with E-state index in [9.17, 15) is 13.2 Å². The molecule has 0 amide bonds. The van der Waals surface area contributed by atoms with Gasteiger partial charge in [0.2, 0.25) is 0 Å². The standard InChI is InChI=1S/C7H3ClF3IO/c8-3-1-4(7(9,10)11)6(13)5(12)2-3/h1-2,13H. The van der Waals surface area contributed by atoms with Crippen LogP contribution >= 0.6 is 34.2 Å². The monoisotopic (exact) mass is 322 g/mol. The smallest absolute Gasteiger partial charge is 0.420 e. The van der Waals surface area contributed by atoms with Crippen LogP contribution in [-0.4, -0.2) is 5.11 Å². The van der Waals surface area contributed by atoms with E-state index in [1.165, 1.54) is 6.07 Å². The number of hydrogen-bond donors (Lipinski definition) is 1. The van der Waals surface area contributed by atoms with Crippen molar-refractivity contribution in [3.05, 3.63) is 26.3 Å². The SMILES string of the molecule is Oc1c(I)cc(Cl)cc1C(F)(F)F. The molecule has 1 rings (SSSR count). The van der Waals surface area contributed by atoms with Gasteiger partial charge in [-0.05, 0) is 34.7 Å². The summed E-state index contributed by atoms with van der Waals surface area (Å²) in [7, 11) is 0. The molecule has 1 aromatic rings. The number of alkyl halides is 3. The van der Waals surface area contributed by atoms with Gasteiger partial charge in [0, 0.05) is 5.02 Å². The molecule has 13 heavy (non-hydrogen) atoms. The van der Waals surface area contributed by atoms with E-state index in [1.54, 1.807) is 22.6 Å². The number of hydrogen-bond acceptors (Lipinski definition) is 1. The van der Waals surface area contributed by atoms with Crippen molar-refractivity contribution in [2.45, 2.75) is 6.18 Å². The van der Waals surface area contributed by atoms with Crippen LogP contribution in [0.5, 0.6) is 5.75 Å². The molecule has 0 spiro atoms. The highest BCUT2D eigenvalue weighted by molar-refractivity contribution is 14.1. The van der Waals surface area contributed by atoms with E-state index in [2.05, 4.69) is 0 Å². The van der Waals surface area contributed by atoms with E-state index < -0.39 is 17.5 Å². The van der Waals surface area contributed by atoms with Crippen LogP contribution in [0.1, 0.15) is 5.56 Å². The maximum Gasteiger partial charge on any atom is 0.420 e. The van der Waals surface area contributed by atoms with Crippen LogP contribution in [0.4, 0.5) is 13.2 Å². The van der Waals surface area contributed by atoms with Gasteiger partial charge in [0.15, 0.2) is 0 Å². The fourth-order valence-corrected chi connectivity index (χ4v) is 1.81. The van der Waals surface area contributed by atoms with Gasteiger partial charge in [0.05, 0.1) is 9.13 Å². The molecule has 0 aliphatic heterocycles. The lowest BCUT2D eigenvalue weighted by atomic mass is 10.2. The maximum absolute atomic E-state index is 12.2. The van der Waals surface area contributed by atoms with E-state index in [4.69, 9.17) is 16.7 Å². The predicted molar refractivity (Wildman–Crippen MR) is 50.8 cm³/mol. The van der Waals surface area contributed by atoms with Gasteiger partial charge in [0.25, 0.3) is 0 Å². The molecule has 0 heterocycles. The quantitative estimate of drug-likeness (QED) is 0.723. The minimum atomic E-state index is -4.57. The van der Waals surface area contributed by atoms with Gasteiger partial charge in [-0.15, -0.1) is 0 Å². The largest absolute Gasteiger partial charge is 0.506 e. The lowest BCUT2D eigenvalue weighted by Crippen LogP contribution is -2.05. The van der Waals surface area contributed by atoms with Crippen LogP contribution in [0.2, 0.25) is 5.02 Å². The molecular weight excluding hydrogens is 319 g/mol. The van der Waals surface area contributed by atoms with E-state index in [1.807, 2.05) is 0 Å². The number of rotatable bonds is 0. The summed E-state index contributed by atoms with van der Waals surface area (Å²) in [5.74, 6) is -0.780. The summed E-state index contributed by atoms with van der Waals surface area (Å²) in [6.45, 7) is 0. The molecule has 0 atom stereocenters. The molecule has 0 bridgehead atoms. The third-order valence-corrected chi connectivity index (χ3v) is 2.37. The zero-order valence-corrected chi connectivity index (χ0v) is 8.91. The summed E-state index contributed by atoms with van der Waals surface area (Å²) in [6, 6.07) is 1.95. The Balaban J connectivity index is 3.37. The first kappa shape index (κ1) is 10.9. The fourth-order valence-electron chi connectivity index (χ4n) is 0.782. The highest BCUT2D eigenvalue weighted by atomic mass is 127. The Morgan fingerprint density at radius 3 is 2.31 bits per heavy atom. The molecule has 0 fully saturated rings. The molecule has 0 unspecified atom stereocenters. The Morgan fingerprint density at radius 2 is 1.85 bits per heavy atom. The predicted octanol–water partition coefficient (Wildman–Crippen LogP) is 3.67. The van der Waals surface area contributed by atoms with E-state index in [-0.39, 0.29) is 8.59 Å². The molecule has 1 N–H and O–H groups in total. The van der Waals surface area contributed by atoms with Crippen molar-refractivity contribution in [1.82, 2.24) is 0 Å². The first-order valence-electron chi connectivity index (χ1n) is 3.07. The van der Waals surface area contributed by atoms with Crippen molar-refractivity contribution in [2.75, 3.05) is 0 Å². The zero-order chi connectivity index (χ0) is 10.2. The van der Waals surface area contributed by atoms with Crippen LogP contribution in [-0.2, 0) is 6.18 Å². The van der Waals surface area contributed by atoms with Gasteiger partial charge in [-0.2, -0.15) is 13.2 Å². The first-order chi connectivity index (χ1) is 5.82. The average Bonchev–Trinajstić information content (AvgIpc) is 1.94. The summed E-state index contributed by atoms with van der Waals surface area (Å²) in [6.07, 6.45) is -4.57. The first-order valence-corrected chi connectivity index (χ1v) is 4.53. The summed E-state index contributed by atoms with van der Waals surface area (Å²) < 4.78 is 36.6. The molecule has 0 aliphatic carbocycles. The Morgan fingerprint density at radius 1 is 1.31 bits per heavy atom. The normalized spacial score (nSPS) is 11.8. The van der Waals surface area contributed by atoms with Crippen LogP contribution in [0.25, 0.3) is 0 Å². The maximum atomic E-state index is 12.2. The van der Waals surface area contributed by atoms with Crippen LogP contribution in [0.3, 0.4) is 0 Å². The summed E-state index contributed by atoms with van der Waals surface area (Å²) in [5, 5.41) is 9.02. The Hall–Kier alpha value is -0.170. The second-order valence-electron chi connectivity index (χ2n) is 2.28. The Labute approximate surface area is 90.7 Å². The van der Waals surface area contributed by atoms with Gasteiger partial charge in [0.1, 0.15) is 5.75 Å². The summed E-state index contributed by atoms with van der Waals surface area (Å²) in [4.78, 5) is 0. The number of aromatic hydroxyl groups is 1. The number of halogens is 5. The minimum absolute atomic E-state index is 0.0467. The average molecular weight is 322 g/mol. The molecule has 0 saturated carbocycles. The zero-order valence-electron chi connectivity index (χ0n) is 5.99. The molecule has 0 radical (unpaired) electrons. The molecule has 1 nitrogen and oxygen atoms in total. The molecule has 6 heteroatoms. The Bertz CT molecular complexity index is 337. The lowest BCUT2D eigenvalue weighted by molar-refractivity contribution is -0.138. The summed E-state index contributed by atoms with van der Waals surface area (Å²) in [5.41, 5.74) is -1.11. The fraction of sp³-hybridized carbons (Fsp3) is 0.143. The van der Waals surface area contributed by atoms with Crippen molar-refractivity contribution in [3.8, 4) is 5.75 Å². The lowest BCUT2D eigenvalue weighted by Gasteiger charge is -2.10. The van der Waals surface area contributed by atoms with Crippen molar-refractivity contribution in [3.63, 3.8) is 0 Å². The van der Waals surface area contributed by atoms with Crippen LogP contribution in [0.15, 0.2) is 12.1 Å². The van der Waals surface area contributed by atoms with Gasteiger partial charge < -0.3 is 5.11 Å². The van der Waals surface area contributed by atoms with Gasteiger partial charge in [-0.3, -0.25) is 0 Å². The highest BCUT2D eigenvalue weighted by Gasteiger charge is 2.34. The second-order valence-corrected chi connectivity index (χ2v) is 3.88. The second kappa shape index (κ2) is 3.53. The van der Waals surface area contributed by atoms with Crippen molar-refractivity contribution in [1.29, 1.82) is 0 Å². The van der Waals surface area contributed by atoms with Gasteiger partial charge in [-0.25, -0.2) is 0 Å². The number of phenolic OH excluding ortho intramolecular Hbond substituents is 1. The van der Waals surface area contributed by atoms with Crippen LogP contribution < -0.4 is 0 Å². The van der Waals surface area contributed by atoms with Gasteiger partial charge in [-0.1, -0.05) is 11.6 Å². The minimum Gasteiger partial charge on any atom is -0.506 e. The topological polar surface area (TPSA) is 20.2 Å².